The summed E-state index contributed by atoms with van der Waals surface area (Å²) in [5.41, 5.74) is 3.29. The molecule has 1 aliphatic rings. The van der Waals surface area contributed by atoms with Crippen molar-refractivity contribution < 1.29 is 19.1 Å². The van der Waals surface area contributed by atoms with Gasteiger partial charge in [0.05, 0.1) is 13.7 Å². The first-order chi connectivity index (χ1) is 14.4. The molecule has 160 valence electrons. The van der Waals surface area contributed by atoms with E-state index in [0.29, 0.717) is 18.0 Å². The molecule has 1 fully saturated rings. The molecule has 6 nitrogen and oxygen atoms in total. The molecule has 2 amide bonds. The van der Waals surface area contributed by atoms with Crippen LogP contribution in [-0.4, -0.2) is 37.0 Å². The van der Waals surface area contributed by atoms with E-state index in [1.54, 1.807) is 7.11 Å². The molecule has 1 heterocycles. The number of hydrogen-bond acceptors (Lipinski definition) is 5. The quantitative estimate of drug-likeness (QED) is 0.608. The maximum atomic E-state index is 11.7. The summed E-state index contributed by atoms with van der Waals surface area (Å²) in [6, 6.07) is 11.9. The summed E-state index contributed by atoms with van der Waals surface area (Å²) in [5, 5.41) is 4.27. The van der Waals surface area contributed by atoms with Crippen LogP contribution in [0, 0.1) is 6.92 Å². The maximum Gasteiger partial charge on any atom is 0.229 e. The Morgan fingerprint density at radius 2 is 1.83 bits per heavy atom. The van der Waals surface area contributed by atoms with Crippen molar-refractivity contribution in [2.45, 2.75) is 39.3 Å². The number of amides is 2. The molecular formula is C23H27ClN2O4. The van der Waals surface area contributed by atoms with E-state index in [0.717, 1.165) is 16.1 Å². The number of nitrogens with zero attached hydrogens (tertiary/aromatic N) is 1. The highest BCUT2D eigenvalue weighted by molar-refractivity contribution is 6.31. The summed E-state index contributed by atoms with van der Waals surface area (Å²) in [6.07, 6.45) is 0.579. The molecular weight excluding hydrogens is 404 g/mol. The Bertz CT molecular complexity index is 915. The summed E-state index contributed by atoms with van der Waals surface area (Å²) in [4.78, 5) is 24.6. The van der Waals surface area contributed by atoms with E-state index in [4.69, 9.17) is 21.1 Å². The number of carbonyl (C=O) groups excluding carboxylic acids is 2. The summed E-state index contributed by atoms with van der Waals surface area (Å²) < 4.78 is 11.2. The number of hydrogen-bond donors (Lipinski definition) is 1. The van der Waals surface area contributed by atoms with Crippen LogP contribution >= 0.6 is 11.6 Å². The van der Waals surface area contributed by atoms with E-state index in [1.165, 1.54) is 10.5 Å². The minimum atomic E-state index is -0.137. The Kier molecular flexibility index (Phi) is 7.34. The summed E-state index contributed by atoms with van der Waals surface area (Å²) in [5.74, 6) is 0.925. The zero-order valence-corrected chi connectivity index (χ0v) is 18.3. The number of imide groups is 1. The highest BCUT2D eigenvalue weighted by Gasteiger charge is 2.28. The molecule has 0 radical (unpaired) electrons. The van der Waals surface area contributed by atoms with Gasteiger partial charge in [0.25, 0.3) is 0 Å². The highest BCUT2D eigenvalue weighted by atomic mass is 35.5. The second-order valence-corrected chi connectivity index (χ2v) is 7.79. The number of methoxy groups -OCH3 is 1. The number of ether oxygens (including phenoxy) is 2. The Balaban J connectivity index is 1.56. The van der Waals surface area contributed by atoms with Gasteiger partial charge in [-0.2, -0.15) is 0 Å². The van der Waals surface area contributed by atoms with Gasteiger partial charge in [0.1, 0.15) is 6.61 Å². The molecule has 1 N–H and O–H groups in total. The van der Waals surface area contributed by atoms with Crippen LogP contribution < -0.4 is 14.8 Å². The Morgan fingerprint density at radius 1 is 1.10 bits per heavy atom. The summed E-state index contributed by atoms with van der Waals surface area (Å²) >= 11 is 6.11. The summed E-state index contributed by atoms with van der Waals surface area (Å²) in [7, 11) is 1.59. The second-order valence-electron chi connectivity index (χ2n) is 7.38. The third kappa shape index (κ3) is 5.32. The Labute approximate surface area is 182 Å². The third-order valence-corrected chi connectivity index (χ3v) is 5.67. The zero-order chi connectivity index (χ0) is 21.7. The molecule has 0 saturated carbocycles. The number of carbonyl (C=O) groups is 2. The van der Waals surface area contributed by atoms with E-state index in [-0.39, 0.29) is 43.8 Å². The lowest BCUT2D eigenvalue weighted by atomic mass is 10.1. The van der Waals surface area contributed by atoms with Crippen LogP contribution in [0.5, 0.6) is 11.5 Å². The lowest BCUT2D eigenvalue weighted by Crippen LogP contribution is -2.33. The average Bonchev–Trinajstić information content (AvgIpc) is 3.06. The average molecular weight is 431 g/mol. The molecule has 2 aromatic rings. The van der Waals surface area contributed by atoms with E-state index < -0.39 is 0 Å². The fraction of sp³-hybridized carbons (Fsp3) is 0.391. The molecule has 0 aromatic heterocycles. The van der Waals surface area contributed by atoms with Gasteiger partial charge >= 0.3 is 0 Å². The third-order valence-electron chi connectivity index (χ3n) is 5.25. The number of benzene rings is 2. The topological polar surface area (TPSA) is 67.9 Å². The fourth-order valence-corrected chi connectivity index (χ4v) is 3.50. The fourth-order valence-electron chi connectivity index (χ4n) is 3.39. The Morgan fingerprint density at radius 3 is 2.50 bits per heavy atom. The molecule has 1 aliphatic heterocycles. The van der Waals surface area contributed by atoms with Crippen LogP contribution in [0.1, 0.15) is 42.5 Å². The van der Waals surface area contributed by atoms with Crippen LogP contribution in [-0.2, 0) is 16.1 Å². The number of rotatable bonds is 9. The minimum Gasteiger partial charge on any atom is -0.493 e. The number of nitrogens with one attached hydrogen (secondary N) is 1. The number of aryl methyl sites for hydroxylation is 1. The molecule has 7 heteroatoms. The van der Waals surface area contributed by atoms with Crippen molar-refractivity contribution in [3.63, 3.8) is 0 Å². The second kappa shape index (κ2) is 9.96. The summed E-state index contributed by atoms with van der Waals surface area (Å²) in [6.45, 7) is 5.26. The lowest BCUT2D eigenvalue weighted by Gasteiger charge is -2.18. The predicted octanol–water partition coefficient (Wildman–Crippen LogP) is 4.04. The zero-order valence-electron chi connectivity index (χ0n) is 17.5. The van der Waals surface area contributed by atoms with Gasteiger partial charge < -0.3 is 14.8 Å². The van der Waals surface area contributed by atoms with Gasteiger partial charge in [0, 0.05) is 30.5 Å². The van der Waals surface area contributed by atoms with E-state index in [2.05, 4.69) is 18.3 Å². The van der Waals surface area contributed by atoms with Gasteiger partial charge in [0.15, 0.2) is 11.5 Å². The normalized spacial score (nSPS) is 14.9. The Hall–Kier alpha value is -2.57. The van der Waals surface area contributed by atoms with E-state index >= 15 is 0 Å². The first kappa shape index (κ1) is 22.1. The maximum absolute atomic E-state index is 11.7. The van der Waals surface area contributed by atoms with Crippen molar-refractivity contribution in [1.29, 1.82) is 0 Å². The first-order valence-corrected chi connectivity index (χ1v) is 10.4. The molecule has 0 unspecified atom stereocenters. The molecule has 1 atom stereocenters. The molecule has 0 aliphatic carbocycles. The van der Waals surface area contributed by atoms with Gasteiger partial charge in [-0.3, -0.25) is 14.5 Å². The van der Waals surface area contributed by atoms with Crippen LogP contribution in [0.4, 0.5) is 0 Å². The van der Waals surface area contributed by atoms with Crippen LogP contribution in [0.15, 0.2) is 36.4 Å². The van der Waals surface area contributed by atoms with E-state index in [9.17, 15) is 9.59 Å². The SMILES string of the molecule is COc1cc(CN[C@H](C)c2ccc(Cl)c(C)c2)ccc1OCCN1C(=O)CCC1=O. The lowest BCUT2D eigenvalue weighted by molar-refractivity contribution is -0.138. The monoisotopic (exact) mass is 430 g/mol. The minimum absolute atomic E-state index is 0.137. The van der Waals surface area contributed by atoms with Gasteiger partial charge in [0.2, 0.25) is 11.8 Å². The molecule has 2 aromatic carbocycles. The smallest absolute Gasteiger partial charge is 0.229 e. The van der Waals surface area contributed by atoms with Crippen LogP contribution in [0.25, 0.3) is 0 Å². The van der Waals surface area contributed by atoms with Gasteiger partial charge in [-0.25, -0.2) is 0 Å². The highest BCUT2D eigenvalue weighted by Crippen LogP contribution is 2.29. The van der Waals surface area contributed by atoms with Crippen molar-refractivity contribution in [1.82, 2.24) is 10.2 Å². The molecule has 30 heavy (non-hydrogen) atoms. The predicted molar refractivity (Wildman–Crippen MR) is 116 cm³/mol. The van der Waals surface area contributed by atoms with Crippen molar-refractivity contribution in [3.8, 4) is 11.5 Å². The van der Waals surface area contributed by atoms with Crippen molar-refractivity contribution >= 4 is 23.4 Å². The van der Waals surface area contributed by atoms with E-state index in [1.807, 2.05) is 37.3 Å². The largest absolute Gasteiger partial charge is 0.493 e. The first-order valence-electron chi connectivity index (χ1n) is 10.0. The van der Waals surface area contributed by atoms with Gasteiger partial charge in [-0.1, -0.05) is 29.8 Å². The van der Waals surface area contributed by atoms with Crippen molar-refractivity contribution in [3.05, 3.63) is 58.1 Å². The molecule has 0 spiro atoms. The van der Waals surface area contributed by atoms with Crippen molar-refractivity contribution in [2.75, 3.05) is 20.3 Å². The van der Waals surface area contributed by atoms with Crippen molar-refractivity contribution in [2.24, 2.45) is 0 Å². The van der Waals surface area contributed by atoms with Crippen LogP contribution in [0.3, 0.4) is 0 Å². The molecule has 3 rings (SSSR count). The number of likely N-dealkylation sites (tertiary alicyclic amines) is 1. The molecule has 0 bridgehead atoms. The van der Waals surface area contributed by atoms with Gasteiger partial charge in [-0.05, 0) is 48.7 Å². The van der Waals surface area contributed by atoms with Crippen LogP contribution in [0.2, 0.25) is 5.02 Å². The standard InChI is InChI=1S/C23H27ClN2O4/c1-15-12-18(5-6-19(15)24)16(2)25-14-17-4-7-20(21(13-17)29-3)30-11-10-26-22(27)8-9-23(26)28/h4-7,12-13,16,25H,8-11,14H2,1-3H3/t16-/m1/s1. The number of halogens is 1. The van der Waals surface area contributed by atoms with Gasteiger partial charge in [-0.15, -0.1) is 0 Å². The molecule has 1 saturated heterocycles.